The number of nitrogens with zero attached hydrogens (tertiary/aromatic N) is 1. The summed E-state index contributed by atoms with van der Waals surface area (Å²) in [6.45, 7) is 2.44. The second kappa shape index (κ2) is 6.96. The Bertz CT molecular complexity index is 713. The van der Waals surface area contributed by atoms with Crippen molar-refractivity contribution in [1.29, 1.82) is 0 Å². The van der Waals surface area contributed by atoms with E-state index < -0.39 is 6.10 Å². The van der Waals surface area contributed by atoms with Gasteiger partial charge in [-0.15, -0.1) is 0 Å². The van der Waals surface area contributed by atoms with E-state index >= 15 is 0 Å². The van der Waals surface area contributed by atoms with Crippen LogP contribution in [-0.4, -0.2) is 24.3 Å². The molecule has 0 bridgehead atoms. The van der Waals surface area contributed by atoms with Gasteiger partial charge in [-0.3, -0.25) is 4.79 Å². The van der Waals surface area contributed by atoms with Gasteiger partial charge in [-0.2, -0.15) is 0 Å². The van der Waals surface area contributed by atoms with Crippen LogP contribution in [0.15, 0.2) is 59.8 Å². The minimum absolute atomic E-state index is 0.230. The first-order valence-corrected chi connectivity index (χ1v) is 7.58. The molecule has 1 heterocycles. The van der Waals surface area contributed by atoms with Crippen molar-refractivity contribution in [2.75, 3.05) is 11.9 Å². The van der Waals surface area contributed by atoms with Gasteiger partial charge in [0, 0.05) is 6.42 Å². The van der Waals surface area contributed by atoms with Gasteiger partial charge in [-0.25, -0.2) is 0 Å². The molecule has 0 saturated heterocycles. The Morgan fingerprint density at radius 1 is 1.22 bits per heavy atom. The molecule has 1 amide bonds. The Balaban J connectivity index is 1.65. The maximum absolute atomic E-state index is 12.4. The lowest BCUT2D eigenvalue weighted by Gasteiger charge is -2.13. The molecule has 1 aliphatic rings. The van der Waals surface area contributed by atoms with Crippen molar-refractivity contribution in [2.45, 2.75) is 19.4 Å². The average Bonchev–Trinajstić information content (AvgIpc) is 3.08. The van der Waals surface area contributed by atoms with Crippen LogP contribution in [0.1, 0.15) is 18.9 Å². The molecule has 1 atom stereocenters. The highest BCUT2D eigenvalue weighted by molar-refractivity contribution is 6.06. The number of hydrogen-bond acceptors (Lipinski definition) is 4. The van der Waals surface area contributed by atoms with Crippen molar-refractivity contribution < 1.29 is 14.4 Å². The monoisotopic (exact) mass is 310 g/mol. The van der Waals surface area contributed by atoms with E-state index in [9.17, 15) is 4.79 Å². The molecule has 118 valence electrons. The van der Waals surface area contributed by atoms with E-state index in [0.717, 1.165) is 11.3 Å². The molecule has 0 spiro atoms. The summed E-state index contributed by atoms with van der Waals surface area (Å²) in [5.74, 6) is 0.414. The van der Waals surface area contributed by atoms with Gasteiger partial charge in [0.1, 0.15) is 5.75 Å². The standard InChI is InChI=1S/C18H18N2O3/c1-2-22-16-11-7-6-10-14(16)19-18(21)17-12-15(20-23-17)13-8-4-3-5-9-13/h3-11,17H,2,12H2,1H3,(H,19,21). The maximum atomic E-state index is 12.4. The molecule has 1 unspecified atom stereocenters. The number of carbonyl (C=O) groups excluding carboxylic acids is 1. The third-order valence-corrected chi connectivity index (χ3v) is 3.51. The Labute approximate surface area is 134 Å². The Morgan fingerprint density at radius 2 is 1.96 bits per heavy atom. The van der Waals surface area contributed by atoms with Crippen LogP contribution in [0.5, 0.6) is 5.75 Å². The van der Waals surface area contributed by atoms with E-state index in [1.54, 1.807) is 6.07 Å². The molecular weight excluding hydrogens is 292 g/mol. The number of amides is 1. The fourth-order valence-electron chi connectivity index (χ4n) is 2.38. The lowest BCUT2D eigenvalue weighted by Crippen LogP contribution is -2.28. The SMILES string of the molecule is CCOc1ccccc1NC(=O)C1CC(c2ccccc2)=NO1. The zero-order valence-corrected chi connectivity index (χ0v) is 12.9. The summed E-state index contributed by atoms with van der Waals surface area (Å²) in [6.07, 6.45) is -0.174. The van der Waals surface area contributed by atoms with Crippen molar-refractivity contribution in [3.63, 3.8) is 0 Å². The maximum Gasteiger partial charge on any atom is 0.268 e. The number of oxime groups is 1. The average molecular weight is 310 g/mol. The van der Waals surface area contributed by atoms with Crippen molar-refractivity contribution in [3.05, 3.63) is 60.2 Å². The third-order valence-electron chi connectivity index (χ3n) is 3.51. The molecule has 2 aromatic carbocycles. The first kappa shape index (κ1) is 15.1. The molecule has 1 aliphatic heterocycles. The molecule has 0 saturated carbocycles. The molecule has 5 nitrogen and oxygen atoms in total. The number of para-hydroxylation sites is 2. The Kier molecular flexibility index (Phi) is 4.57. The van der Waals surface area contributed by atoms with Crippen LogP contribution in [0.25, 0.3) is 0 Å². The molecule has 2 aromatic rings. The predicted octanol–water partition coefficient (Wildman–Crippen LogP) is 3.22. The van der Waals surface area contributed by atoms with Gasteiger partial charge in [0.2, 0.25) is 6.10 Å². The first-order chi connectivity index (χ1) is 11.3. The molecule has 0 radical (unpaired) electrons. The molecule has 3 rings (SSSR count). The van der Waals surface area contributed by atoms with E-state index in [0.29, 0.717) is 24.5 Å². The van der Waals surface area contributed by atoms with E-state index in [-0.39, 0.29) is 5.91 Å². The summed E-state index contributed by atoms with van der Waals surface area (Å²) in [5.41, 5.74) is 2.39. The largest absolute Gasteiger partial charge is 0.492 e. The molecule has 23 heavy (non-hydrogen) atoms. The fourth-order valence-corrected chi connectivity index (χ4v) is 2.38. The zero-order chi connectivity index (χ0) is 16.1. The summed E-state index contributed by atoms with van der Waals surface area (Å²) in [5, 5.41) is 6.88. The molecule has 1 N–H and O–H groups in total. The van der Waals surface area contributed by atoms with Gasteiger partial charge in [0.05, 0.1) is 18.0 Å². The lowest BCUT2D eigenvalue weighted by molar-refractivity contribution is -0.125. The van der Waals surface area contributed by atoms with Crippen LogP contribution in [0.3, 0.4) is 0 Å². The van der Waals surface area contributed by atoms with Gasteiger partial charge in [0.15, 0.2) is 0 Å². The number of carbonyl (C=O) groups is 1. The van der Waals surface area contributed by atoms with E-state index in [1.807, 2.05) is 55.5 Å². The number of nitrogens with one attached hydrogen (secondary N) is 1. The number of rotatable bonds is 5. The molecule has 0 fully saturated rings. The van der Waals surface area contributed by atoms with Gasteiger partial charge in [-0.1, -0.05) is 47.6 Å². The summed E-state index contributed by atoms with van der Waals surface area (Å²) in [4.78, 5) is 17.7. The first-order valence-electron chi connectivity index (χ1n) is 7.58. The second-order valence-corrected chi connectivity index (χ2v) is 5.12. The summed E-state index contributed by atoms with van der Waals surface area (Å²) in [7, 11) is 0. The van der Waals surface area contributed by atoms with E-state index in [1.165, 1.54) is 0 Å². The smallest absolute Gasteiger partial charge is 0.268 e. The Morgan fingerprint density at radius 3 is 2.74 bits per heavy atom. The van der Waals surface area contributed by atoms with Crippen LogP contribution < -0.4 is 10.1 Å². The molecule has 0 aliphatic carbocycles. The highest BCUT2D eigenvalue weighted by Gasteiger charge is 2.29. The molecule has 0 aromatic heterocycles. The van der Waals surface area contributed by atoms with E-state index in [4.69, 9.17) is 9.57 Å². The van der Waals surface area contributed by atoms with Crippen LogP contribution >= 0.6 is 0 Å². The summed E-state index contributed by atoms with van der Waals surface area (Å²) >= 11 is 0. The van der Waals surface area contributed by atoms with Crippen LogP contribution in [-0.2, 0) is 9.63 Å². The van der Waals surface area contributed by atoms with Gasteiger partial charge >= 0.3 is 0 Å². The topological polar surface area (TPSA) is 59.9 Å². The number of ether oxygens (including phenoxy) is 1. The van der Waals surface area contributed by atoms with E-state index in [2.05, 4.69) is 10.5 Å². The van der Waals surface area contributed by atoms with Gasteiger partial charge < -0.3 is 14.9 Å². The normalized spacial score (nSPS) is 16.4. The van der Waals surface area contributed by atoms with Crippen molar-refractivity contribution in [2.24, 2.45) is 5.16 Å². The van der Waals surface area contributed by atoms with Crippen LogP contribution in [0.2, 0.25) is 0 Å². The quantitative estimate of drug-likeness (QED) is 0.922. The number of anilines is 1. The lowest BCUT2D eigenvalue weighted by atomic mass is 10.0. The second-order valence-electron chi connectivity index (χ2n) is 5.12. The summed E-state index contributed by atoms with van der Waals surface area (Å²) < 4.78 is 5.51. The fraction of sp³-hybridized carbons (Fsp3) is 0.222. The zero-order valence-electron chi connectivity index (χ0n) is 12.9. The third kappa shape index (κ3) is 3.51. The van der Waals surface area contributed by atoms with Gasteiger partial charge in [0.25, 0.3) is 5.91 Å². The molecule has 5 heteroatoms. The minimum atomic E-state index is -0.625. The van der Waals surface area contributed by atoms with Crippen LogP contribution in [0, 0.1) is 0 Å². The van der Waals surface area contributed by atoms with Crippen molar-refractivity contribution in [1.82, 2.24) is 0 Å². The van der Waals surface area contributed by atoms with Crippen molar-refractivity contribution >= 4 is 17.3 Å². The number of benzene rings is 2. The Hall–Kier alpha value is -2.82. The highest BCUT2D eigenvalue weighted by Crippen LogP contribution is 2.25. The number of hydrogen-bond donors (Lipinski definition) is 1. The highest BCUT2D eigenvalue weighted by atomic mass is 16.6. The minimum Gasteiger partial charge on any atom is -0.492 e. The molecular formula is C18H18N2O3. The van der Waals surface area contributed by atoms with Crippen molar-refractivity contribution in [3.8, 4) is 5.75 Å². The van der Waals surface area contributed by atoms with Gasteiger partial charge in [-0.05, 0) is 24.6 Å². The predicted molar refractivity (Wildman–Crippen MR) is 88.7 cm³/mol. The van der Waals surface area contributed by atoms with Crippen LogP contribution in [0.4, 0.5) is 5.69 Å². The summed E-state index contributed by atoms with van der Waals surface area (Å²) in [6, 6.07) is 17.0.